The van der Waals surface area contributed by atoms with Crippen LogP contribution in [0.2, 0.25) is 0 Å². The standard InChI is InChI=1S/C13H20N2OS/c1-4-11(8-16)14-13(17)15-12-6-9(2)5-10(3)7-12/h5-7,11,16H,4,8H2,1-3H3,(H2,14,15,17)/t11-/m0/s1. The molecule has 0 saturated carbocycles. The van der Waals surface area contributed by atoms with Crippen molar-refractivity contribution < 1.29 is 5.11 Å². The van der Waals surface area contributed by atoms with Crippen LogP contribution in [0.5, 0.6) is 0 Å². The lowest BCUT2D eigenvalue weighted by atomic mass is 10.1. The van der Waals surface area contributed by atoms with E-state index in [1.807, 2.05) is 19.1 Å². The Bertz CT molecular complexity index is 369. The Morgan fingerprint density at radius 2 is 1.88 bits per heavy atom. The van der Waals surface area contributed by atoms with Crippen molar-refractivity contribution in [2.45, 2.75) is 33.2 Å². The van der Waals surface area contributed by atoms with Crippen LogP contribution >= 0.6 is 12.2 Å². The van der Waals surface area contributed by atoms with Crippen LogP contribution in [0.1, 0.15) is 24.5 Å². The molecule has 0 aliphatic heterocycles. The Hall–Kier alpha value is -1.13. The monoisotopic (exact) mass is 252 g/mol. The summed E-state index contributed by atoms with van der Waals surface area (Å²) >= 11 is 5.20. The van der Waals surface area contributed by atoms with E-state index in [2.05, 4.69) is 30.5 Å². The van der Waals surface area contributed by atoms with Gasteiger partial charge >= 0.3 is 0 Å². The first-order valence-electron chi connectivity index (χ1n) is 5.81. The SMILES string of the molecule is CC[C@@H](CO)NC(=S)Nc1cc(C)cc(C)c1. The van der Waals surface area contributed by atoms with Crippen LogP contribution in [0.15, 0.2) is 18.2 Å². The van der Waals surface area contributed by atoms with Crippen LogP contribution in [0.4, 0.5) is 5.69 Å². The van der Waals surface area contributed by atoms with Crippen LogP contribution in [0.25, 0.3) is 0 Å². The number of aliphatic hydroxyl groups is 1. The molecule has 0 aliphatic carbocycles. The van der Waals surface area contributed by atoms with E-state index in [1.165, 1.54) is 11.1 Å². The third-order valence-electron chi connectivity index (χ3n) is 2.53. The molecule has 0 fully saturated rings. The van der Waals surface area contributed by atoms with Gasteiger partial charge in [0, 0.05) is 5.69 Å². The second kappa shape index (κ2) is 6.57. The zero-order valence-corrected chi connectivity index (χ0v) is 11.4. The van der Waals surface area contributed by atoms with Crippen LogP contribution in [-0.4, -0.2) is 22.9 Å². The number of hydrogen-bond acceptors (Lipinski definition) is 2. The van der Waals surface area contributed by atoms with Crippen molar-refractivity contribution in [1.82, 2.24) is 5.32 Å². The van der Waals surface area contributed by atoms with Gasteiger partial charge in [0.2, 0.25) is 0 Å². The molecule has 0 spiro atoms. The highest BCUT2D eigenvalue weighted by atomic mass is 32.1. The van der Waals surface area contributed by atoms with E-state index in [0.29, 0.717) is 5.11 Å². The quantitative estimate of drug-likeness (QED) is 0.720. The normalized spacial score (nSPS) is 12.0. The molecule has 3 N–H and O–H groups in total. The van der Waals surface area contributed by atoms with Gasteiger partial charge in [0.05, 0.1) is 12.6 Å². The van der Waals surface area contributed by atoms with Gasteiger partial charge in [0.25, 0.3) is 0 Å². The number of aryl methyl sites for hydroxylation is 2. The van der Waals surface area contributed by atoms with Crippen molar-refractivity contribution in [1.29, 1.82) is 0 Å². The zero-order chi connectivity index (χ0) is 12.8. The van der Waals surface area contributed by atoms with Gasteiger partial charge in [-0.05, 0) is 55.7 Å². The predicted octanol–water partition coefficient (Wildman–Crippen LogP) is 2.36. The summed E-state index contributed by atoms with van der Waals surface area (Å²) in [5.41, 5.74) is 3.38. The Balaban J connectivity index is 2.61. The lowest BCUT2D eigenvalue weighted by Gasteiger charge is -2.17. The molecule has 1 atom stereocenters. The van der Waals surface area contributed by atoms with Gasteiger partial charge in [-0.3, -0.25) is 0 Å². The molecule has 1 aromatic rings. The molecule has 0 heterocycles. The minimum Gasteiger partial charge on any atom is -0.394 e. The minimum atomic E-state index is 0.0147. The van der Waals surface area contributed by atoms with Crippen molar-refractivity contribution in [2.75, 3.05) is 11.9 Å². The second-order valence-electron chi connectivity index (χ2n) is 4.26. The molecule has 0 bridgehead atoms. The molecule has 0 saturated heterocycles. The van der Waals surface area contributed by atoms with Gasteiger partial charge < -0.3 is 15.7 Å². The lowest BCUT2D eigenvalue weighted by Crippen LogP contribution is -2.39. The van der Waals surface area contributed by atoms with E-state index in [1.54, 1.807) is 0 Å². The zero-order valence-electron chi connectivity index (χ0n) is 10.6. The Labute approximate surface area is 108 Å². The first-order valence-corrected chi connectivity index (χ1v) is 6.22. The fraction of sp³-hybridized carbons (Fsp3) is 0.462. The third kappa shape index (κ3) is 4.71. The highest BCUT2D eigenvalue weighted by molar-refractivity contribution is 7.80. The van der Waals surface area contributed by atoms with E-state index in [0.717, 1.165) is 12.1 Å². The average molecular weight is 252 g/mol. The highest BCUT2D eigenvalue weighted by Crippen LogP contribution is 2.13. The summed E-state index contributed by atoms with van der Waals surface area (Å²) in [6.45, 7) is 6.20. The lowest BCUT2D eigenvalue weighted by molar-refractivity contribution is 0.253. The Morgan fingerprint density at radius 3 is 2.35 bits per heavy atom. The summed E-state index contributed by atoms with van der Waals surface area (Å²) in [6.07, 6.45) is 0.838. The van der Waals surface area contributed by atoms with Crippen molar-refractivity contribution >= 4 is 23.0 Å². The predicted molar refractivity (Wildman–Crippen MR) is 76.4 cm³/mol. The number of nitrogens with one attached hydrogen (secondary N) is 2. The molecule has 94 valence electrons. The maximum absolute atomic E-state index is 9.08. The Kier molecular flexibility index (Phi) is 5.38. The largest absolute Gasteiger partial charge is 0.394 e. The average Bonchev–Trinajstić information content (AvgIpc) is 2.24. The van der Waals surface area contributed by atoms with Crippen LogP contribution in [0, 0.1) is 13.8 Å². The summed E-state index contributed by atoms with van der Waals surface area (Å²) < 4.78 is 0. The van der Waals surface area contributed by atoms with Crippen LogP contribution in [-0.2, 0) is 0 Å². The van der Waals surface area contributed by atoms with Gasteiger partial charge in [0.15, 0.2) is 5.11 Å². The number of thiocarbonyl (C=S) groups is 1. The second-order valence-corrected chi connectivity index (χ2v) is 4.67. The van der Waals surface area contributed by atoms with Gasteiger partial charge in [-0.1, -0.05) is 13.0 Å². The van der Waals surface area contributed by atoms with Gasteiger partial charge in [-0.25, -0.2) is 0 Å². The minimum absolute atomic E-state index is 0.0147. The first-order chi connectivity index (χ1) is 8.05. The molecule has 0 radical (unpaired) electrons. The van der Waals surface area contributed by atoms with Crippen molar-refractivity contribution in [3.05, 3.63) is 29.3 Å². The van der Waals surface area contributed by atoms with Gasteiger partial charge in [-0.2, -0.15) is 0 Å². The van der Waals surface area contributed by atoms with Crippen molar-refractivity contribution in [3.8, 4) is 0 Å². The van der Waals surface area contributed by atoms with E-state index >= 15 is 0 Å². The molecule has 17 heavy (non-hydrogen) atoms. The van der Waals surface area contributed by atoms with Crippen molar-refractivity contribution in [2.24, 2.45) is 0 Å². The van der Waals surface area contributed by atoms with Gasteiger partial charge in [0.1, 0.15) is 0 Å². The molecule has 3 nitrogen and oxygen atoms in total. The van der Waals surface area contributed by atoms with Gasteiger partial charge in [-0.15, -0.1) is 0 Å². The number of rotatable bonds is 4. The first kappa shape index (κ1) is 13.9. The summed E-state index contributed by atoms with van der Waals surface area (Å²) in [5, 5.41) is 15.8. The van der Waals surface area contributed by atoms with Crippen LogP contribution in [0.3, 0.4) is 0 Å². The molecule has 0 amide bonds. The fourth-order valence-corrected chi connectivity index (χ4v) is 1.96. The summed E-state index contributed by atoms with van der Waals surface area (Å²) in [6, 6.07) is 6.22. The van der Waals surface area contributed by atoms with Crippen LogP contribution < -0.4 is 10.6 Å². The van der Waals surface area contributed by atoms with E-state index in [-0.39, 0.29) is 12.6 Å². The summed E-state index contributed by atoms with van der Waals surface area (Å²) in [4.78, 5) is 0. The number of hydrogen-bond donors (Lipinski definition) is 3. The molecule has 1 aromatic carbocycles. The number of aliphatic hydroxyl groups excluding tert-OH is 1. The molecular weight excluding hydrogens is 232 g/mol. The smallest absolute Gasteiger partial charge is 0.171 e. The maximum Gasteiger partial charge on any atom is 0.171 e. The molecule has 0 unspecified atom stereocenters. The molecule has 0 aromatic heterocycles. The molecule has 0 aliphatic rings. The topological polar surface area (TPSA) is 44.3 Å². The van der Waals surface area contributed by atoms with E-state index in [4.69, 9.17) is 17.3 Å². The summed E-state index contributed by atoms with van der Waals surface area (Å²) in [7, 11) is 0. The number of anilines is 1. The fourth-order valence-electron chi connectivity index (χ4n) is 1.68. The maximum atomic E-state index is 9.08. The summed E-state index contributed by atoms with van der Waals surface area (Å²) in [5.74, 6) is 0. The van der Waals surface area contributed by atoms with E-state index in [9.17, 15) is 0 Å². The number of benzene rings is 1. The highest BCUT2D eigenvalue weighted by Gasteiger charge is 2.06. The third-order valence-corrected chi connectivity index (χ3v) is 2.75. The molecule has 1 rings (SSSR count). The Morgan fingerprint density at radius 1 is 1.29 bits per heavy atom. The molecular formula is C13H20N2OS. The van der Waals surface area contributed by atoms with E-state index < -0.39 is 0 Å². The molecule has 4 heteroatoms. The van der Waals surface area contributed by atoms with Crippen molar-refractivity contribution in [3.63, 3.8) is 0 Å².